The number of phenols is 1. The number of phenolic OH excluding ortho intramolecular Hbond substituents is 1. The van der Waals surface area contributed by atoms with Crippen LogP contribution in [0.2, 0.25) is 0 Å². The van der Waals surface area contributed by atoms with Crippen molar-refractivity contribution in [2.75, 3.05) is 0 Å². The predicted octanol–water partition coefficient (Wildman–Crippen LogP) is 1.66. The Morgan fingerprint density at radius 2 is 1.45 bits per heavy atom. The van der Waals surface area contributed by atoms with Crippen LogP contribution in [0.3, 0.4) is 0 Å². The standard InChI is InChI=1S/C14H10O5.K.H/c15-11-7-3-1-5-9(11)14(18)19-12-8-4-2-6-10(12)13(16)17;;/h1-8,15H,(H,16,17);;. The molecule has 0 spiro atoms. The molecule has 2 aromatic rings. The number of aromatic carboxylic acids is 1. The zero-order chi connectivity index (χ0) is 13.8. The van der Waals surface area contributed by atoms with Gasteiger partial charge in [0.15, 0.2) is 0 Å². The molecule has 0 bridgehead atoms. The van der Waals surface area contributed by atoms with E-state index < -0.39 is 11.9 Å². The van der Waals surface area contributed by atoms with E-state index in [9.17, 15) is 14.7 Å². The molecule has 0 amide bonds. The average molecular weight is 298 g/mol. The van der Waals surface area contributed by atoms with Crippen molar-refractivity contribution < 1.29 is 24.5 Å². The van der Waals surface area contributed by atoms with E-state index in [0.29, 0.717) is 0 Å². The fraction of sp³-hybridized carbons (Fsp3) is 0. The van der Waals surface area contributed by atoms with E-state index in [1.54, 1.807) is 18.2 Å². The van der Waals surface area contributed by atoms with Crippen molar-refractivity contribution in [3.8, 4) is 11.5 Å². The summed E-state index contributed by atoms with van der Waals surface area (Å²) in [5.74, 6) is -2.30. The molecule has 0 saturated heterocycles. The molecule has 2 aromatic carbocycles. The second-order valence-electron chi connectivity index (χ2n) is 3.71. The summed E-state index contributed by atoms with van der Waals surface area (Å²) in [6.07, 6.45) is 0. The van der Waals surface area contributed by atoms with Crippen molar-refractivity contribution in [3.05, 3.63) is 59.7 Å². The second-order valence-corrected chi connectivity index (χ2v) is 3.71. The third kappa shape index (κ3) is 3.91. The Morgan fingerprint density at radius 1 is 0.900 bits per heavy atom. The first-order valence-electron chi connectivity index (χ1n) is 5.42. The van der Waals surface area contributed by atoms with Gasteiger partial charge in [0.05, 0.1) is 0 Å². The molecule has 0 aromatic heterocycles. The van der Waals surface area contributed by atoms with Gasteiger partial charge in [-0.1, -0.05) is 24.3 Å². The third-order valence-corrected chi connectivity index (χ3v) is 2.44. The van der Waals surface area contributed by atoms with Gasteiger partial charge in [0.25, 0.3) is 0 Å². The number of esters is 1. The molecule has 20 heavy (non-hydrogen) atoms. The van der Waals surface area contributed by atoms with Crippen LogP contribution < -0.4 is 4.74 Å². The maximum atomic E-state index is 11.8. The van der Waals surface area contributed by atoms with Crippen LogP contribution >= 0.6 is 0 Å². The topological polar surface area (TPSA) is 83.8 Å². The summed E-state index contributed by atoms with van der Waals surface area (Å²) >= 11 is 0. The molecule has 0 heterocycles. The Hall–Kier alpha value is -1.18. The van der Waals surface area contributed by atoms with E-state index in [2.05, 4.69) is 0 Å². The van der Waals surface area contributed by atoms with Gasteiger partial charge in [0.1, 0.15) is 22.6 Å². The number of rotatable bonds is 3. The number of benzene rings is 2. The quantitative estimate of drug-likeness (QED) is 0.511. The molecule has 6 heteroatoms. The number of aromatic hydroxyl groups is 1. The first-order valence-corrected chi connectivity index (χ1v) is 5.42. The van der Waals surface area contributed by atoms with Gasteiger partial charge in [0.2, 0.25) is 0 Å². The zero-order valence-electron chi connectivity index (χ0n) is 9.74. The summed E-state index contributed by atoms with van der Waals surface area (Å²) in [4.78, 5) is 22.8. The number of carbonyl (C=O) groups excluding carboxylic acids is 1. The molecule has 0 atom stereocenters. The first-order chi connectivity index (χ1) is 9.09. The summed E-state index contributed by atoms with van der Waals surface area (Å²) in [7, 11) is 0. The van der Waals surface area contributed by atoms with Crippen LogP contribution in [0.1, 0.15) is 20.7 Å². The fourth-order valence-corrected chi connectivity index (χ4v) is 1.53. The Labute approximate surface area is 157 Å². The zero-order valence-corrected chi connectivity index (χ0v) is 9.74. The third-order valence-electron chi connectivity index (χ3n) is 2.44. The second kappa shape index (κ2) is 7.56. The van der Waals surface area contributed by atoms with Crippen LogP contribution in [0.25, 0.3) is 0 Å². The summed E-state index contributed by atoms with van der Waals surface area (Å²) in [5, 5.41) is 18.5. The SMILES string of the molecule is O=C(Oc1ccccc1C(=O)O)c1ccccc1O.[KH]. The molecule has 0 aliphatic carbocycles. The summed E-state index contributed by atoms with van der Waals surface area (Å²) in [5.41, 5.74) is -0.144. The Bertz CT molecular complexity index is 639. The van der Waals surface area contributed by atoms with Crippen LogP contribution in [0.4, 0.5) is 0 Å². The predicted molar refractivity (Wildman–Crippen MR) is 73.6 cm³/mol. The summed E-state index contributed by atoms with van der Waals surface area (Å²) in [6, 6.07) is 11.7. The van der Waals surface area contributed by atoms with Crippen molar-refractivity contribution in [1.82, 2.24) is 0 Å². The van der Waals surface area contributed by atoms with E-state index in [0.717, 1.165) is 0 Å². The van der Waals surface area contributed by atoms with E-state index in [4.69, 9.17) is 9.84 Å². The molecule has 0 aliphatic rings. The minimum atomic E-state index is -1.19. The van der Waals surface area contributed by atoms with Crippen LogP contribution in [0, 0.1) is 0 Å². The monoisotopic (exact) mass is 298 g/mol. The van der Waals surface area contributed by atoms with Crippen molar-refractivity contribution in [3.63, 3.8) is 0 Å². The molecular formula is C14H11KO5. The van der Waals surface area contributed by atoms with Gasteiger partial charge in [-0.25, -0.2) is 9.59 Å². The number of carbonyl (C=O) groups is 2. The average Bonchev–Trinajstić information content (AvgIpc) is 2.39. The Morgan fingerprint density at radius 3 is 2.05 bits per heavy atom. The number of carboxylic acid groups (broad SMARTS) is 1. The molecule has 0 aliphatic heterocycles. The van der Waals surface area contributed by atoms with Crippen molar-refractivity contribution >= 4 is 63.3 Å². The van der Waals surface area contributed by atoms with Crippen molar-refractivity contribution in [2.24, 2.45) is 0 Å². The number of hydrogen-bond donors (Lipinski definition) is 2. The molecule has 2 rings (SSSR count). The molecule has 5 nitrogen and oxygen atoms in total. The normalized spacial score (nSPS) is 9.40. The molecule has 0 fully saturated rings. The molecule has 0 saturated carbocycles. The molecule has 0 radical (unpaired) electrons. The maximum absolute atomic E-state index is 11.8. The molecule has 98 valence electrons. The van der Waals surface area contributed by atoms with Crippen molar-refractivity contribution in [2.45, 2.75) is 0 Å². The van der Waals surface area contributed by atoms with Crippen molar-refractivity contribution in [1.29, 1.82) is 0 Å². The number of hydrogen-bond acceptors (Lipinski definition) is 4. The van der Waals surface area contributed by atoms with Gasteiger partial charge in [-0.2, -0.15) is 0 Å². The van der Waals surface area contributed by atoms with Crippen LogP contribution in [0.15, 0.2) is 48.5 Å². The van der Waals surface area contributed by atoms with Gasteiger partial charge in [-0.05, 0) is 24.3 Å². The summed E-state index contributed by atoms with van der Waals surface area (Å²) < 4.78 is 4.99. The van der Waals surface area contributed by atoms with Gasteiger partial charge >= 0.3 is 63.3 Å². The minimum absolute atomic E-state index is 0. The Balaban J connectivity index is 0.00000200. The first kappa shape index (κ1) is 16.9. The van der Waals surface area contributed by atoms with Gasteiger partial charge in [0, 0.05) is 0 Å². The summed E-state index contributed by atoms with van der Waals surface area (Å²) in [6.45, 7) is 0. The van der Waals surface area contributed by atoms with Crippen LogP contribution in [-0.2, 0) is 0 Å². The fourth-order valence-electron chi connectivity index (χ4n) is 1.53. The Kier molecular flexibility index (Phi) is 6.38. The number of ether oxygens (including phenoxy) is 1. The van der Waals surface area contributed by atoms with Gasteiger partial charge in [-0.15, -0.1) is 0 Å². The van der Waals surface area contributed by atoms with Crippen LogP contribution in [0.5, 0.6) is 11.5 Å². The molecular weight excluding hydrogens is 287 g/mol. The van der Waals surface area contributed by atoms with E-state index >= 15 is 0 Å². The number of carboxylic acids is 1. The molecule has 2 N–H and O–H groups in total. The van der Waals surface area contributed by atoms with E-state index in [-0.39, 0.29) is 74.0 Å². The van der Waals surface area contributed by atoms with E-state index in [1.807, 2.05) is 0 Å². The molecule has 0 unspecified atom stereocenters. The van der Waals surface area contributed by atoms with Crippen LogP contribution in [-0.4, -0.2) is 73.5 Å². The van der Waals surface area contributed by atoms with E-state index in [1.165, 1.54) is 30.3 Å². The van der Waals surface area contributed by atoms with Gasteiger partial charge < -0.3 is 14.9 Å². The van der Waals surface area contributed by atoms with Gasteiger partial charge in [-0.3, -0.25) is 0 Å². The number of para-hydroxylation sites is 2.